The molecule has 2 rings (SSSR count). The van der Waals surface area contributed by atoms with Crippen LogP contribution in [0.5, 0.6) is 0 Å². The van der Waals surface area contributed by atoms with Crippen LogP contribution < -0.4 is 5.32 Å². The van der Waals surface area contributed by atoms with Gasteiger partial charge in [-0.25, -0.2) is 0 Å². The van der Waals surface area contributed by atoms with Gasteiger partial charge in [0, 0.05) is 15.1 Å². The molecule has 0 heterocycles. The minimum Gasteiger partial charge on any atom is -0.348 e. The van der Waals surface area contributed by atoms with Crippen LogP contribution in [-0.2, 0) is 6.54 Å². The molecule has 0 aliphatic rings. The van der Waals surface area contributed by atoms with Crippen molar-refractivity contribution < 1.29 is 4.79 Å². The molecule has 0 fully saturated rings. The quantitative estimate of drug-likeness (QED) is 0.789. The highest BCUT2D eigenvalue weighted by Crippen LogP contribution is 2.16. The van der Waals surface area contributed by atoms with Crippen molar-refractivity contribution in [2.24, 2.45) is 0 Å². The summed E-state index contributed by atoms with van der Waals surface area (Å²) in [6, 6.07) is 13.2. The highest BCUT2D eigenvalue weighted by atomic mass is 127. The lowest BCUT2D eigenvalue weighted by atomic mass is 10.1. The highest BCUT2D eigenvalue weighted by molar-refractivity contribution is 14.1. The van der Waals surface area contributed by atoms with Gasteiger partial charge in [-0.3, -0.25) is 4.79 Å². The van der Waals surface area contributed by atoms with Crippen molar-refractivity contribution in [2.45, 2.75) is 13.5 Å². The first-order chi connectivity index (χ1) is 9.08. The molecule has 98 valence electrons. The molecule has 0 aliphatic carbocycles. The Balaban J connectivity index is 2.05. The number of carbonyl (C=O) groups excluding carboxylic acids is 1. The molecule has 0 unspecified atom stereocenters. The number of hydrogen-bond donors (Lipinski definition) is 1. The van der Waals surface area contributed by atoms with Gasteiger partial charge in [-0.05, 0) is 58.8 Å². The molecule has 0 atom stereocenters. The minimum atomic E-state index is -0.0527. The molecule has 2 aromatic carbocycles. The maximum Gasteiger partial charge on any atom is 0.252 e. The van der Waals surface area contributed by atoms with E-state index < -0.39 is 0 Å². The molecule has 0 saturated carbocycles. The van der Waals surface area contributed by atoms with E-state index in [-0.39, 0.29) is 5.91 Å². The van der Waals surface area contributed by atoms with E-state index in [9.17, 15) is 4.79 Å². The van der Waals surface area contributed by atoms with Gasteiger partial charge in [0.15, 0.2) is 0 Å². The summed E-state index contributed by atoms with van der Waals surface area (Å²) in [5.41, 5.74) is 2.86. The standard InChI is InChI=1S/C15H13ClINO/c1-10-3-2-4-13(14(10)17)15(19)18-9-11-5-7-12(16)8-6-11/h2-8H,9H2,1H3,(H,18,19). The van der Waals surface area contributed by atoms with E-state index in [0.717, 1.165) is 20.3 Å². The second-order valence-corrected chi connectivity index (χ2v) is 5.76. The van der Waals surface area contributed by atoms with Gasteiger partial charge in [0.25, 0.3) is 5.91 Å². The van der Waals surface area contributed by atoms with Gasteiger partial charge in [-0.15, -0.1) is 0 Å². The fourth-order valence-corrected chi connectivity index (χ4v) is 2.43. The lowest BCUT2D eigenvalue weighted by Gasteiger charge is -2.08. The topological polar surface area (TPSA) is 29.1 Å². The van der Waals surface area contributed by atoms with Gasteiger partial charge in [-0.1, -0.05) is 35.9 Å². The molecule has 1 N–H and O–H groups in total. The predicted octanol–water partition coefficient (Wildman–Crippen LogP) is 4.18. The Morgan fingerprint density at radius 2 is 1.89 bits per heavy atom. The van der Waals surface area contributed by atoms with Crippen molar-refractivity contribution in [3.8, 4) is 0 Å². The van der Waals surface area contributed by atoms with Crippen molar-refractivity contribution in [1.29, 1.82) is 0 Å². The van der Waals surface area contributed by atoms with Gasteiger partial charge in [0.2, 0.25) is 0 Å². The van der Waals surface area contributed by atoms with Gasteiger partial charge in [-0.2, -0.15) is 0 Å². The van der Waals surface area contributed by atoms with Crippen molar-refractivity contribution in [3.05, 3.63) is 67.7 Å². The summed E-state index contributed by atoms with van der Waals surface area (Å²) in [6.07, 6.45) is 0. The number of aryl methyl sites for hydroxylation is 1. The van der Waals surface area contributed by atoms with Crippen LogP contribution in [0, 0.1) is 10.5 Å². The number of rotatable bonds is 3. The number of benzene rings is 2. The largest absolute Gasteiger partial charge is 0.348 e. The summed E-state index contributed by atoms with van der Waals surface area (Å²) in [6.45, 7) is 2.50. The van der Waals surface area contributed by atoms with E-state index >= 15 is 0 Å². The first-order valence-electron chi connectivity index (χ1n) is 5.85. The third kappa shape index (κ3) is 3.70. The summed E-state index contributed by atoms with van der Waals surface area (Å²) >= 11 is 8.02. The Hall–Kier alpha value is -1.07. The van der Waals surface area contributed by atoms with Gasteiger partial charge >= 0.3 is 0 Å². The zero-order valence-electron chi connectivity index (χ0n) is 10.4. The van der Waals surface area contributed by atoms with Crippen LogP contribution in [0.4, 0.5) is 0 Å². The molecule has 0 aliphatic heterocycles. The Bertz CT molecular complexity index is 596. The molecule has 4 heteroatoms. The van der Waals surface area contributed by atoms with Gasteiger partial charge < -0.3 is 5.32 Å². The van der Waals surface area contributed by atoms with Crippen LogP contribution in [0.1, 0.15) is 21.5 Å². The normalized spacial score (nSPS) is 10.3. The molecule has 0 bridgehead atoms. The first kappa shape index (κ1) is 14.3. The lowest BCUT2D eigenvalue weighted by molar-refractivity contribution is 0.0950. The molecule has 2 nitrogen and oxygen atoms in total. The third-order valence-electron chi connectivity index (χ3n) is 2.80. The van der Waals surface area contributed by atoms with Crippen LogP contribution in [0.3, 0.4) is 0 Å². The van der Waals surface area contributed by atoms with E-state index in [2.05, 4.69) is 27.9 Å². The van der Waals surface area contributed by atoms with Crippen molar-refractivity contribution in [2.75, 3.05) is 0 Å². The predicted molar refractivity (Wildman–Crippen MR) is 86.5 cm³/mol. The fourth-order valence-electron chi connectivity index (χ4n) is 1.70. The van der Waals surface area contributed by atoms with E-state index in [1.54, 1.807) is 0 Å². The molecule has 19 heavy (non-hydrogen) atoms. The Kier molecular flexibility index (Phi) is 4.82. The molecule has 1 amide bonds. The average molecular weight is 386 g/mol. The molecule has 0 saturated heterocycles. The molecule has 0 aromatic heterocycles. The lowest BCUT2D eigenvalue weighted by Crippen LogP contribution is -2.23. The smallest absolute Gasteiger partial charge is 0.252 e. The Labute approximate surface area is 131 Å². The minimum absolute atomic E-state index is 0.0527. The van der Waals surface area contributed by atoms with Gasteiger partial charge in [0.1, 0.15) is 0 Å². The zero-order valence-corrected chi connectivity index (χ0v) is 13.3. The Morgan fingerprint density at radius 1 is 1.21 bits per heavy atom. The van der Waals surface area contributed by atoms with Crippen LogP contribution in [0.2, 0.25) is 5.02 Å². The van der Waals surface area contributed by atoms with Crippen molar-refractivity contribution in [1.82, 2.24) is 5.32 Å². The second kappa shape index (κ2) is 6.39. The number of amides is 1. The third-order valence-corrected chi connectivity index (χ3v) is 4.49. The Morgan fingerprint density at radius 3 is 2.58 bits per heavy atom. The molecular weight excluding hydrogens is 373 g/mol. The first-order valence-corrected chi connectivity index (χ1v) is 7.31. The van der Waals surface area contributed by atoms with Crippen LogP contribution in [0.25, 0.3) is 0 Å². The summed E-state index contributed by atoms with van der Waals surface area (Å²) in [7, 11) is 0. The van der Waals surface area contributed by atoms with E-state index in [4.69, 9.17) is 11.6 Å². The van der Waals surface area contributed by atoms with Crippen molar-refractivity contribution in [3.63, 3.8) is 0 Å². The number of hydrogen-bond acceptors (Lipinski definition) is 1. The molecule has 2 aromatic rings. The number of nitrogens with one attached hydrogen (secondary N) is 1. The zero-order chi connectivity index (χ0) is 13.8. The molecule has 0 radical (unpaired) electrons. The maximum atomic E-state index is 12.1. The number of carbonyl (C=O) groups is 1. The van der Waals surface area contributed by atoms with Crippen LogP contribution in [0.15, 0.2) is 42.5 Å². The summed E-state index contributed by atoms with van der Waals surface area (Å²) in [4.78, 5) is 12.1. The maximum absolute atomic E-state index is 12.1. The highest BCUT2D eigenvalue weighted by Gasteiger charge is 2.10. The van der Waals surface area contributed by atoms with Crippen LogP contribution in [-0.4, -0.2) is 5.91 Å². The monoisotopic (exact) mass is 385 g/mol. The average Bonchev–Trinajstić information content (AvgIpc) is 2.41. The fraction of sp³-hybridized carbons (Fsp3) is 0.133. The van der Waals surface area contributed by atoms with Crippen molar-refractivity contribution >= 4 is 40.1 Å². The number of halogens is 2. The summed E-state index contributed by atoms with van der Waals surface area (Å²) in [5.74, 6) is -0.0527. The second-order valence-electron chi connectivity index (χ2n) is 4.25. The van der Waals surface area contributed by atoms with Crippen LogP contribution >= 0.6 is 34.2 Å². The molecular formula is C15H13ClINO. The van der Waals surface area contributed by atoms with Gasteiger partial charge in [0.05, 0.1) is 5.56 Å². The molecule has 0 spiro atoms. The van der Waals surface area contributed by atoms with E-state index in [0.29, 0.717) is 11.6 Å². The van der Waals surface area contributed by atoms with E-state index in [1.165, 1.54) is 0 Å². The summed E-state index contributed by atoms with van der Waals surface area (Å²) in [5, 5.41) is 3.61. The summed E-state index contributed by atoms with van der Waals surface area (Å²) < 4.78 is 0.994. The SMILES string of the molecule is Cc1cccc(C(=O)NCc2ccc(Cl)cc2)c1I. The van der Waals surface area contributed by atoms with E-state index in [1.807, 2.05) is 49.4 Å².